The molecule has 2 heterocycles. The van der Waals surface area contributed by atoms with Gasteiger partial charge in [-0.3, -0.25) is 18.4 Å². The molecule has 1 unspecified atom stereocenters. The molecule has 18 heteroatoms. The molecule has 2 aromatic rings. The normalized spacial score (nSPS) is 28.3. The lowest BCUT2D eigenvalue weighted by atomic mass is 9.95. The summed E-state index contributed by atoms with van der Waals surface area (Å²) in [5.41, 5.74) is -2.09. The third-order valence-corrected chi connectivity index (χ3v) is 10.0. The predicted molar refractivity (Wildman–Crippen MR) is 147 cm³/mol. The zero-order valence-electron chi connectivity index (χ0n) is 23.3. The zero-order valence-corrected chi connectivity index (χ0v) is 25.0. The van der Waals surface area contributed by atoms with E-state index in [0.29, 0.717) is 0 Å². The van der Waals surface area contributed by atoms with Crippen LogP contribution in [-0.2, 0) is 35.9 Å². The van der Waals surface area contributed by atoms with Crippen LogP contribution in [0.4, 0.5) is 19.0 Å². The first-order valence-electron chi connectivity index (χ1n) is 12.9. The number of ether oxygens (including phenoxy) is 1. The first-order valence-corrected chi connectivity index (χ1v) is 15.5. The van der Waals surface area contributed by atoms with Crippen LogP contribution in [-0.4, -0.2) is 72.4 Å². The Kier molecular flexibility index (Phi) is 9.26. The molecule has 1 aliphatic carbocycles. The monoisotopic (exact) mass is 652 g/mol. The summed E-state index contributed by atoms with van der Waals surface area (Å²) in [6.07, 6.45) is -7.75. The summed E-state index contributed by atoms with van der Waals surface area (Å²) in [5, 5.41) is 33.9. The zero-order chi connectivity index (χ0) is 32.0. The van der Waals surface area contributed by atoms with Gasteiger partial charge in [0, 0.05) is 18.5 Å². The number of aliphatic hydroxyl groups excluding tert-OH is 1. The number of halogens is 3. The summed E-state index contributed by atoms with van der Waals surface area (Å²) in [7, 11) is -4.56. The third-order valence-electron chi connectivity index (χ3n) is 7.27. The number of fused-ring (bicyclic) bond motifs is 1. The summed E-state index contributed by atoms with van der Waals surface area (Å²) in [6, 6.07) is 5.85. The fourth-order valence-electron chi connectivity index (χ4n) is 4.56. The highest BCUT2D eigenvalue weighted by Crippen LogP contribution is 2.64. The summed E-state index contributed by atoms with van der Waals surface area (Å²) < 4.78 is 72.0. The van der Waals surface area contributed by atoms with E-state index in [-0.39, 0.29) is 28.9 Å². The molecule has 0 amide bonds. The SMILES string of the molecule is CC(C)(CO)C(=O)SCCOP(=O)(NCc1ccccc1C(F)(F)F)O[C@H]1[C@H]2O[C@@H](n3ccc(N)nc3=O)[C@](C)(O)[C@]21O. The lowest BCUT2D eigenvalue weighted by Crippen LogP contribution is -2.50. The molecule has 4 rings (SSSR count). The molecule has 0 spiro atoms. The maximum Gasteiger partial charge on any atom is 0.416 e. The Hall–Kier alpha value is -2.34. The Morgan fingerprint density at radius 2 is 1.95 bits per heavy atom. The van der Waals surface area contributed by atoms with Crippen LogP contribution in [0, 0.1) is 5.41 Å². The Morgan fingerprint density at radius 1 is 1.28 bits per heavy atom. The van der Waals surface area contributed by atoms with Crippen molar-refractivity contribution in [1.29, 1.82) is 0 Å². The molecule has 2 fully saturated rings. The standard InChI is InChI=1S/C25H32F3N4O9PS/c1-22(2,13-33)20(34)43-11-10-39-42(38,30-12-14-6-4-5-7-15(14)25(26,27)28)41-18-17-24(18,37)23(3,36)19(40-17)32-9-8-16(29)31-21(32)35/h4-9,17-19,33,36-37H,10-13H2,1-3H3,(H,30,38)(H2,29,31,35)/t17-,18+,19-,23+,24+,42?/m1/s1. The van der Waals surface area contributed by atoms with E-state index in [2.05, 4.69) is 10.1 Å². The van der Waals surface area contributed by atoms with Crippen molar-refractivity contribution in [3.63, 3.8) is 0 Å². The third kappa shape index (κ3) is 6.55. The number of aromatic nitrogens is 2. The Labute approximate surface area is 248 Å². The number of aliphatic hydroxyl groups is 3. The molecule has 0 radical (unpaired) electrons. The number of hydrogen-bond donors (Lipinski definition) is 5. The number of anilines is 1. The lowest BCUT2D eigenvalue weighted by Gasteiger charge is -2.33. The van der Waals surface area contributed by atoms with E-state index >= 15 is 0 Å². The smallest absolute Gasteiger partial charge is 0.395 e. The van der Waals surface area contributed by atoms with Crippen LogP contribution < -0.4 is 16.5 Å². The summed E-state index contributed by atoms with van der Waals surface area (Å²) in [5.74, 6) is -0.141. The summed E-state index contributed by atoms with van der Waals surface area (Å²) in [4.78, 5) is 28.2. The molecule has 1 saturated carbocycles. The predicted octanol–water partition coefficient (Wildman–Crippen LogP) is 1.82. The number of carbonyl (C=O) groups is 1. The van der Waals surface area contributed by atoms with Crippen molar-refractivity contribution in [2.75, 3.05) is 24.7 Å². The molecule has 0 bridgehead atoms. The number of rotatable bonds is 12. The van der Waals surface area contributed by atoms with Crippen LogP contribution in [0.3, 0.4) is 0 Å². The van der Waals surface area contributed by atoms with Gasteiger partial charge in [-0.25, -0.2) is 14.4 Å². The van der Waals surface area contributed by atoms with Gasteiger partial charge in [0.25, 0.3) is 0 Å². The van der Waals surface area contributed by atoms with E-state index in [4.69, 9.17) is 19.5 Å². The molecule has 1 saturated heterocycles. The fourth-order valence-corrected chi connectivity index (χ4v) is 6.98. The lowest BCUT2D eigenvalue weighted by molar-refractivity contribution is -0.157. The number of nitrogens with zero attached hydrogens (tertiary/aromatic N) is 2. The molecule has 1 aromatic heterocycles. The van der Waals surface area contributed by atoms with Crippen molar-refractivity contribution in [1.82, 2.24) is 14.6 Å². The quantitative estimate of drug-likeness (QED) is 0.165. The molecule has 13 nitrogen and oxygen atoms in total. The first kappa shape index (κ1) is 33.6. The van der Waals surface area contributed by atoms with E-state index in [9.17, 15) is 42.6 Å². The largest absolute Gasteiger partial charge is 0.416 e. The maximum atomic E-state index is 13.8. The molecule has 1 aliphatic heterocycles. The van der Waals surface area contributed by atoms with E-state index in [1.54, 1.807) is 0 Å². The molecular formula is C25H32F3N4O9PS. The van der Waals surface area contributed by atoms with Gasteiger partial charge < -0.3 is 25.8 Å². The highest BCUT2D eigenvalue weighted by Gasteiger charge is 2.84. The first-order chi connectivity index (χ1) is 19.9. The molecular weight excluding hydrogens is 620 g/mol. The van der Waals surface area contributed by atoms with Crippen molar-refractivity contribution in [2.45, 2.75) is 63.1 Å². The summed E-state index contributed by atoms with van der Waals surface area (Å²) in [6.45, 7) is 2.79. The molecule has 2 aliphatic rings. The highest BCUT2D eigenvalue weighted by molar-refractivity contribution is 8.13. The minimum Gasteiger partial charge on any atom is -0.395 e. The highest BCUT2D eigenvalue weighted by atomic mass is 32.2. The van der Waals surface area contributed by atoms with Gasteiger partial charge in [0.1, 0.15) is 23.6 Å². The van der Waals surface area contributed by atoms with Gasteiger partial charge in [-0.15, -0.1) is 0 Å². The average Bonchev–Trinajstić information content (AvgIpc) is 3.42. The second-order valence-electron chi connectivity index (χ2n) is 10.9. The van der Waals surface area contributed by atoms with E-state index < -0.39 is 73.4 Å². The van der Waals surface area contributed by atoms with E-state index in [0.717, 1.165) is 29.3 Å². The van der Waals surface area contributed by atoms with Crippen LogP contribution in [0.2, 0.25) is 0 Å². The van der Waals surface area contributed by atoms with Crippen LogP contribution >= 0.6 is 19.5 Å². The van der Waals surface area contributed by atoms with Gasteiger partial charge in [0.15, 0.2) is 16.9 Å². The Bertz CT molecular complexity index is 1470. The van der Waals surface area contributed by atoms with Gasteiger partial charge in [-0.1, -0.05) is 30.0 Å². The maximum absolute atomic E-state index is 13.8. The molecule has 238 valence electrons. The number of hydrogen-bond acceptors (Lipinski definition) is 12. The average molecular weight is 653 g/mol. The number of alkyl halides is 3. The molecule has 6 atom stereocenters. The number of nitrogens with two attached hydrogens (primary N) is 1. The Balaban J connectivity index is 1.52. The number of nitrogens with one attached hydrogen (secondary N) is 1. The van der Waals surface area contributed by atoms with Crippen molar-refractivity contribution < 1.29 is 51.6 Å². The van der Waals surface area contributed by atoms with E-state index in [1.165, 1.54) is 44.3 Å². The van der Waals surface area contributed by atoms with Crippen molar-refractivity contribution in [2.24, 2.45) is 5.41 Å². The van der Waals surface area contributed by atoms with Crippen molar-refractivity contribution in [3.8, 4) is 0 Å². The number of benzene rings is 1. The number of carbonyl (C=O) groups excluding carboxylic acids is 1. The molecule has 43 heavy (non-hydrogen) atoms. The molecule has 1 aromatic carbocycles. The van der Waals surface area contributed by atoms with Crippen LogP contribution in [0.1, 0.15) is 38.1 Å². The van der Waals surface area contributed by atoms with Crippen molar-refractivity contribution >= 4 is 30.4 Å². The van der Waals surface area contributed by atoms with E-state index in [1.807, 2.05) is 0 Å². The van der Waals surface area contributed by atoms with Gasteiger partial charge >= 0.3 is 19.6 Å². The fraction of sp³-hybridized carbons (Fsp3) is 0.560. The van der Waals surface area contributed by atoms with Crippen LogP contribution in [0.15, 0.2) is 41.3 Å². The van der Waals surface area contributed by atoms with Crippen LogP contribution in [0.5, 0.6) is 0 Å². The van der Waals surface area contributed by atoms with Gasteiger partial charge in [-0.2, -0.15) is 18.2 Å². The topological polar surface area (TPSA) is 195 Å². The minimum absolute atomic E-state index is 0.0574. The second kappa shape index (κ2) is 11.9. The van der Waals surface area contributed by atoms with Gasteiger partial charge in [-0.05, 0) is 38.5 Å². The number of thioether (sulfide) groups is 1. The summed E-state index contributed by atoms with van der Waals surface area (Å²) >= 11 is 0.781. The van der Waals surface area contributed by atoms with Gasteiger partial charge in [0.2, 0.25) is 0 Å². The van der Waals surface area contributed by atoms with Gasteiger partial charge in [0.05, 0.1) is 24.2 Å². The minimum atomic E-state index is -4.71. The number of nitrogen functional groups attached to an aromatic ring is 1. The van der Waals surface area contributed by atoms with Crippen molar-refractivity contribution in [3.05, 3.63) is 58.1 Å². The Morgan fingerprint density at radius 3 is 2.53 bits per heavy atom. The van der Waals surface area contributed by atoms with Crippen LogP contribution in [0.25, 0.3) is 0 Å². The second-order valence-corrected chi connectivity index (χ2v) is 13.8. The molecule has 6 N–H and O–H groups in total.